The molecule has 18 heavy (non-hydrogen) atoms. The Kier molecular flexibility index (Phi) is 6.58. The van der Waals surface area contributed by atoms with Crippen LogP contribution >= 0.6 is 0 Å². The average molecular weight is 250 g/mol. The summed E-state index contributed by atoms with van der Waals surface area (Å²) < 4.78 is 5.74. The van der Waals surface area contributed by atoms with Gasteiger partial charge in [-0.2, -0.15) is 0 Å². The van der Waals surface area contributed by atoms with E-state index in [0.29, 0.717) is 12.6 Å². The van der Waals surface area contributed by atoms with Gasteiger partial charge in [0.15, 0.2) is 0 Å². The van der Waals surface area contributed by atoms with Gasteiger partial charge < -0.3 is 15.0 Å². The Bertz CT molecular complexity index is 339. The van der Waals surface area contributed by atoms with Gasteiger partial charge in [-0.1, -0.05) is 19.4 Å². The SMILES string of the molecule is CCCC(C)NCCOc1cccc(N(C)C)c1. The number of nitrogens with zero attached hydrogens (tertiary/aromatic N) is 1. The molecule has 0 heterocycles. The van der Waals surface area contributed by atoms with E-state index in [2.05, 4.69) is 36.2 Å². The van der Waals surface area contributed by atoms with Crippen molar-refractivity contribution >= 4 is 5.69 Å². The fraction of sp³-hybridized carbons (Fsp3) is 0.600. The van der Waals surface area contributed by atoms with Crippen molar-refractivity contribution in [2.45, 2.75) is 32.7 Å². The first-order chi connectivity index (χ1) is 8.63. The molecule has 0 saturated heterocycles. The van der Waals surface area contributed by atoms with E-state index in [-0.39, 0.29) is 0 Å². The molecule has 3 heteroatoms. The highest BCUT2D eigenvalue weighted by Crippen LogP contribution is 2.18. The lowest BCUT2D eigenvalue weighted by Gasteiger charge is -2.15. The Morgan fingerprint density at radius 1 is 1.33 bits per heavy atom. The van der Waals surface area contributed by atoms with Gasteiger partial charge in [-0.3, -0.25) is 0 Å². The standard InChI is InChI=1S/C15H26N2O/c1-5-7-13(2)16-10-11-18-15-9-6-8-14(12-15)17(3)4/h6,8-9,12-13,16H,5,7,10-11H2,1-4H3. The highest BCUT2D eigenvalue weighted by Gasteiger charge is 2.00. The van der Waals surface area contributed by atoms with Crippen molar-refractivity contribution in [1.82, 2.24) is 5.32 Å². The summed E-state index contributed by atoms with van der Waals surface area (Å²) in [5, 5.41) is 3.46. The van der Waals surface area contributed by atoms with Crippen molar-refractivity contribution in [2.24, 2.45) is 0 Å². The molecule has 0 aromatic heterocycles. The average Bonchev–Trinajstić information content (AvgIpc) is 2.35. The van der Waals surface area contributed by atoms with Crippen molar-refractivity contribution in [1.29, 1.82) is 0 Å². The second-order valence-electron chi connectivity index (χ2n) is 4.88. The number of benzene rings is 1. The third-order valence-electron chi connectivity index (χ3n) is 2.92. The molecular weight excluding hydrogens is 224 g/mol. The normalized spacial score (nSPS) is 12.2. The predicted molar refractivity (Wildman–Crippen MR) is 78.6 cm³/mol. The van der Waals surface area contributed by atoms with Crippen LogP contribution in [0.3, 0.4) is 0 Å². The van der Waals surface area contributed by atoms with Crippen LogP contribution in [-0.2, 0) is 0 Å². The molecule has 1 aromatic rings. The first-order valence-corrected chi connectivity index (χ1v) is 6.77. The Balaban J connectivity index is 2.29. The van der Waals surface area contributed by atoms with Gasteiger partial charge in [0.1, 0.15) is 12.4 Å². The molecule has 1 aromatic carbocycles. The largest absolute Gasteiger partial charge is 0.492 e. The summed E-state index contributed by atoms with van der Waals surface area (Å²) in [5.41, 5.74) is 1.17. The highest BCUT2D eigenvalue weighted by atomic mass is 16.5. The first-order valence-electron chi connectivity index (χ1n) is 6.77. The number of anilines is 1. The van der Waals surface area contributed by atoms with Gasteiger partial charge in [0, 0.05) is 38.4 Å². The quantitative estimate of drug-likeness (QED) is 0.718. The first kappa shape index (κ1) is 14.8. The van der Waals surface area contributed by atoms with Crippen LogP contribution in [0, 0.1) is 0 Å². The molecule has 0 amide bonds. The summed E-state index contributed by atoms with van der Waals surface area (Å²) in [7, 11) is 4.07. The van der Waals surface area contributed by atoms with Crippen LogP contribution in [0.15, 0.2) is 24.3 Å². The lowest BCUT2D eigenvalue weighted by molar-refractivity contribution is 0.305. The minimum absolute atomic E-state index is 0.576. The number of hydrogen-bond acceptors (Lipinski definition) is 3. The summed E-state index contributed by atoms with van der Waals surface area (Å²) in [6, 6.07) is 8.75. The van der Waals surface area contributed by atoms with Crippen molar-refractivity contribution in [3.8, 4) is 5.75 Å². The van der Waals surface area contributed by atoms with E-state index in [1.54, 1.807) is 0 Å². The smallest absolute Gasteiger partial charge is 0.121 e. The summed E-state index contributed by atoms with van der Waals surface area (Å²) in [6.07, 6.45) is 2.44. The van der Waals surface area contributed by atoms with Gasteiger partial charge in [0.05, 0.1) is 0 Å². The Labute approximate surface area is 111 Å². The fourth-order valence-electron chi connectivity index (χ4n) is 1.86. The van der Waals surface area contributed by atoms with E-state index < -0.39 is 0 Å². The predicted octanol–water partition coefficient (Wildman–Crippen LogP) is 2.91. The molecule has 3 nitrogen and oxygen atoms in total. The summed E-state index contributed by atoms with van der Waals surface area (Å²) >= 11 is 0. The molecule has 0 aliphatic heterocycles. The Hall–Kier alpha value is -1.22. The minimum atomic E-state index is 0.576. The van der Waals surface area contributed by atoms with E-state index in [1.807, 2.05) is 26.2 Å². The van der Waals surface area contributed by atoms with Gasteiger partial charge in [0.2, 0.25) is 0 Å². The third kappa shape index (κ3) is 5.41. The zero-order chi connectivity index (χ0) is 13.4. The fourth-order valence-corrected chi connectivity index (χ4v) is 1.86. The molecule has 0 aliphatic carbocycles. The van der Waals surface area contributed by atoms with E-state index in [0.717, 1.165) is 12.3 Å². The molecule has 1 rings (SSSR count). The monoisotopic (exact) mass is 250 g/mol. The van der Waals surface area contributed by atoms with Crippen LogP contribution in [0.1, 0.15) is 26.7 Å². The van der Waals surface area contributed by atoms with Gasteiger partial charge in [0.25, 0.3) is 0 Å². The lowest BCUT2D eigenvalue weighted by Crippen LogP contribution is -2.29. The summed E-state index contributed by atoms with van der Waals surface area (Å²) in [4.78, 5) is 2.08. The van der Waals surface area contributed by atoms with Crippen LogP contribution in [0.2, 0.25) is 0 Å². The molecule has 0 saturated carbocycles. The molecule has 1 N–H and O–H groups in total. The Morgan fingerprint density at radius 3 is 2.78 bits per heavy atom. The van der Waals surface area contributed by atoms with E-state index >= 15 is 0 Å². The number of ether oxygens (including phenoxy) is 1. The zero-order valence-electron chi connectivity index (χ0n) is 12.1. The second kappa shape index (κ2) is 7.98. The van der Waals surface area contributed by atoms with Crippen LogP contribution in [0.5, 0.6) is 5.75 Å². The molecule has 0 aliphatic rings. The molecule has 1 unspecified atom stereocenters. The van der Waals surface area contributed by atoms with Crippen molar-refractivity contribution < 1.29 is 4.74 Å². The number of hydrogen-bond donors (Lipinski definition) is 1. The third-order valence-corrected chi connectivity index (χ3v) is 2.92. The van der Waals surface area contributed by atoms with Crippen molar-refractivity contribution in [2.75, 3.05) is 32.1 Å². The van der Waals surface area contributed by atoms with Crippen LogP contribution in [0.25, 0.3) is 0 Å². The minimum Gasteiger partial charge on any atom is -0.492 e. The van der Waals surface area contributed by atoms with Gasteiger partial charge >= 0.3 is 0 Å². The zero-order valence-corrected chi connectivity index (χ0v) is 12.1. The van der Waals surface area contributed by atoms with Crippen molar-refractivity contribution in [3.05, 3.63) is 24.3 Å². The summed E-state index contributed by atoms with van der Waals surface area (Å²) in [5.74, 6) is 0.936. The number of rotatable bonds is 8. The number of nitrogens with one attached hydrogen (secondary N) is 1. The van der Waals surface area contributed by atoms with Crippen LogP contribution < -0.4 is 15.0 Å². The topological polar surface area (TPSA) is 24.5 Å². The summed E-state index contributed by atoms with van der Waals surface area (Å²) in [6.45, 7) is 6.04. The maximum absolute atomic E-state index is 5.74. The van der Waals surface area contributed by atoms with Gasteiger partial charge in [-0.05, 0) is 25.5 Å². The van der Waals surface area contributed by atoms with Gasteiger partial charge in [-0.25, -0.2) is 0 Å². The maximum atomic E-state index is 5.74. The molecule has 0 fully saturated rings. The highest BCUT2D eigenvalue weighted by molar-refractivity contribution is 5.49. The van der Waals surface area contributed by atoms with E-state index in [9.17, 15) is 0 Å². The van der Waals surface area contributed by atoms with E-state index in [4.69, 9.17) is 4.74 Å². The Morgan fingerprint density at radius 2 is 2.11 bits per heavy atom. The van der Waals surface area contributed by atoms with Gasteiger partial charge in [-0.15, -0.1) is 0 Å². The molecule has 102 valence electrons. The molecule has 0 radical (unpaired) electrons. The lowest BCUT2D eigenvalue weighted by atomic mass is 10.2. The van der Waals surface area contributed by atoms with E-state index in [1.165, 1.54) is 18.5 Å². The maximum Gasteiger partial charge on any atom is 0.121 e. The molecular formula is C15H26N2O. The molecule has 0 bridgehead atoms. The molecule has 0 spiro atoms. The molecule has 1 atom stereocenters. The van der Waals surface area contributed by atoms with Crippen LogP contribution in [0.4, 0.5) is 5.69 Å². The van der Waals surface area contributed by atoms with Crippen LogP contribution in [-0.4, -0.2) is 33.3 Å². The second-order valence-corrected chi connectivity index (χ2v) is 4.88. The van der Waals surface area contributed by atoms with Crippen molar-refractivity contribution in [3.63, 3.8) is 0 Å².